The van der Waals surface area contributed by atoms with Crippen LogP contribution in [0.3, 0.4) is 0 Å². The normalized spacial score (nSPS) is 12.0. The maximum Gasteiger partial charge on any atom is 0.129 e. The van der Waals surface area contributed by atoms with Gasteiger partial charge in [0, 0.05) is 29.9 Å². The van der Waals surface area contributed by atoms with Crippen LogP contribution < -0.4 is 5.32 Å². The van der Waals surface area contributed by atoms with Crippen molar-refractivity contribution in [2.45, 2.75) is 13.5 Å². The molecule has 0 aliphatic rings. The van der Waals surface area contributed by atoms with Crippen LogP contribution in [0.1, 0.15) is 12.7 Å². The van der Waals surface area contributed by atoms with Gasteiger partial charge in [-0.25, -0.2) is 4.98 Å². The Morgan fingerprint density at radius 3 is 3.00 bits per heavy atom. The van der Waals surface area contributed by atoms with Crippen molar-refractivity contribution in [2.24, 2.45) is 7.05 Å². The first-order valence-electron chi connectivity index (χ1n) is 6.90. The Balaban J connectivity index is 2.07. The van der Waals surface area contributed by atoms with Crippen molar-refractivity contribution in [3.63, 3.8) is 0 Å². The number of hydrogen-bond donors (Lipinski definition) is 2. The lowest BCUT2D eigenvalue weighted by atomic mass is 10.2. The summed E-state index contributed by atoms with van der Waals surface area (Å²) >= 11 is 6.11. The number of imidazole rings is 1. The van der Waals surface area contributed by atoms with Gasteiger partial charge in [-0.05, 0) is 30.7 Å². The summed E-state index contributed by atoms with van der Waals surface area (Å²) in [4.78, 5) is 9.05. The molecule has 0 bridgehead atoms. The second-order valence-electron chi connectivity index (χ2n) is 5.15. The number of aromatic nitrogens is 3. The van der Waals surface area contributed by atoms with Crippen LogP contribution in [0.4, 0.5) is 0 Å². The van der Waals surface area contributed by atoms with Gasteiger partial charge in [0.15, 0.2) is 0 Å². The molecule has 0 amide bonds. The molecule has 0 saturated heterocycles. The van der Waals surface area contributed by atoms with E-state index in [0.29, 0.717) is 11.6 Å². The van der Waals surface area contributed by atoms with Crippen molar-refractivity contribution in [1.29, 1.82) is 5.41 Å². The van der Waals surface area contributed by atoms with E-state index in [1.807, 2.05) is 32.2 Å². The highest BCUT2D eigenvalue weighted by Crippen LogP contribution is 2.26. The van der Waals surface area contributed by atoms with Crippen molar-refractivity contribution in [3.8, 4) is 0 Å². The molecule has 0 atom stereocenters. The smallest absolute Gasteiger partial charge is 0.129 e. The number of benzene rings is 1. The highest BCUT2D eigenvalue weighted by molar-refractivity contribution is 6.31. The van der Waals surface area contributed by atoms with Gasteiger partial charge in [-0.3, -0.25) is 4.98 Å². The predicted molar refractivity (Wildman–Crippen MR) is 90.4 cm³/mol. The van der Waals surface area contributed by atoms with Crippen molar-refractivity contribution >= 4 is 39.8 Å². The molecule has 0 aliphatic heterocycles. The van der Waals surface area contributed by atoms with Gasteiger partial charge in [0.2, 0.25) is 0 Å². The fourth-order valence-electron chi connectivity index (χ4n) is 2.42. The molecule has 1 aromatic carbocycles. The molecule has 112 valence electrons. The molecule has 2 N–H and O–H groups in total. The third-order valence-corrected chi connectivity index (χ3v) is 3.81. The van der Waals surface area contributed by atoms with E-state index < -0.39 is 0 Å². The van der Waals surface area contributed by atoms with Crippen LogP contribution in [0.15, 0.2) is 36.2 Å². The summed E-state index contributed by atoms with van der Waals surface area (Å²) in [6.45, 7) is 2.45. The third kappa shape index (κ3) is 2.55. The van der Waals surface area contributed by atoms with Crippen LogP contribution in [0, 0.1) is 5.41 Å². The summed E-state index contributed by atoms with van der Waals surface area (Å²) in [6.07, 6.45) is 4.90. The Morgan fingerprint density at radius 2 is 2.23 bits per heavy atom. The lowest BCUT2D eigenvalue weighted by Gasteiger charge is -2.05. The van der Waals surface area contributed by atoms with Gasteiger partial charge in [-0.15, -0.1) is 0 Å². The third-order valence-electron chi connectivity index (χ3n) is 3.57. The second-order valence-corrected chi connectivity index (χ2v) is 5.59. The van der Waals surface area contributed by atoms with E-state index in [9.17, 15) is 0 Å². The first-order valence-corrected chi connectivity index (χ1v) is 7.28. The first-order chi connectivity index (χ1) is 10.6. The molecule has 3 rings (SSSR count). The molecule has 0 radical (unpaired) electrons. The van der Waals surface area contributed by atoms with Crippen LogP contribution in [-0.2, 0) is 13.6 Å². The molecule has 0 spiro atoms. The maximum absolute atomic E-state index is 7.16. The number of nitrogens with one attached hydrogen (secondary N) is 2. The Morgan fingerprint density at radius 1 is 1.41 bits per heavy atom. The quantitative estimate of drug-likeness (QED) is 0.725. The minimum atomic E-state index is 0.582. The summed E-state index contributed by atoms with van der Waals surface area (Å²) in [5.41, 5.74) is 3.63. The van der Waals surface area contributed by atoms with E-state index in [1.165, 1.54) is 6.21 Å². The van der Waals surface area contributed by atoms with Gasteiger partial charge < -0.3 is 15.3 Å². The van der Waals surface area contributed by atoms with Crippen LogP contribution >= 0.6 is 11.6 Å². The fraction of sp³-hybridized carbons (Fsp3) is 0.188. The fourth-order valence-corrected chi connectivity index (χ4v) is 2.59. The lowest BCUT2D eigenvalue weighted by Crippen LogP contribution is -2.10. The zero-order valence-electron chi connectivity index (χ0n) is 12.4. The molecular formula is C16H16ClN5. The number of fused-ring (bicyclic) bond motifs is 3. The Labute approximate surface area is 133 Å². The van der Waals surface area contributed by atoms with Gasteiger partial charge in [0.25, 0.3) is 0 Å². The highest BCUT2D eigenvalue weighted by atomic mass is 35.5. The van der Waals surface area contributed by atoms with Crippen molar-refractivity contribution in [2.75, 3.05) is 0 Å². The summed E-state index contributed by atoms with van der Waals surface area (Å²) in [6, 6.07) is 5.68. The van der Waals surface area contributed by atoms with E-state index in [4.69, 9.17) is 17.0 Å². The van der Waals surface area contributed by atoms with Gasteiger partial charge >= 0.3 is 0 Å². The summed E-state index contributed by atoms with van der Waals surface area (Å²) < 4.78 is 2.05. The van der Waals surface area contributed by atoms with E-state index in [1.54, 1.807) is 12.4 Å². The van der Waals surface area contributed by atoms with E-state index >= 15 is 0 Å². The molecule has 2 aromatic heterocycles. The Kier molecular flexibility index (Phi) is 3.81. The molecule has 6 heteroatoms. The summed E-state index contributed by atoms with van der Waals surface area (Å²) in [5.74, 6) is 0.901. The lowest BCUT2D eigenvalue weighted by molar-refractivity contribution is 0.744. The number of allylic oxidation sites excluding steroid dienone is 1. The number of nitrogens with zero attached hydrogens (tertiary/aromatic N) is 3. The van der Waals surface area contributed by atoms with Crippen LogP contribution in [0.5, 0.6) is 0 Å². The Hall–Kier alpha value is -2.40. The number of rotatable bonds is 4. The predicted octanol–water partition coefficient (Wildman–Crippen LogP) is 3.42. The number of halogens is 1. The first kappa shape index (κ1) is 14.5. The number of pyridine rings is 1. The van der Waals surface area contributed by atoms with Crippen LogP contribution in [0.25, 0.3) is 21.9 Å². The van der Waals surface area contributed by atoms with E-state index in [0.717, 1.165) is 33.3 Å². The molecule has 5 nitrogen and oxygen atoms in total. The maximum atomic E-state index is 7.16. The molecule has 0 fully saturated rings. The average Bonchev–Trinajstić information content (AvgIpc) is 2.84. The zero-order valence-corrected chi connectivity index (χ0v) is 13.1. The minimum absolute atomic E-state index is 0.582. The molecule has 0 unspecified atom stereocenters. The SMILES string of the molecule is C/C(C=N)=C/NCc1nc2cnc3ccc(Cl)cc3c2n1C. The van der Waals surface area contributed by atoms with Crippen molar-refractivity contribution in [3.05, 3.63) is 47.0 Å². The van der Waals surface area contributed by atoms with Crippen LogP contribution in [-0.4, -0.2) is 20.7 Å². The summed E-state index contributed by atoms with van der Waals surface area (Å²) in [5, 5.41) is 12.0. The molecular weight excluding hydrogens is 298 g/mol. The monoisotopic (exact) mass is 313 g/mol. The van der Waals surface area contributed by atoms with Gasteiger partial charge in [-0.1, -0.05) is 11.6 Å². The molecule has 3 aromatic rings. The van der Waals surface area contributed by atoms with Crippen molar-refractivity contribution in [1.82, 2.24) is 19.9 Å². The Bertz CT molecular complexity index is 894. The van der Waals surface area contributed by atoms with E-state index in [2.05, 4.69) is 19.9 Å². The largest absolute Gasteiger partial charge is 0.383 e. The topological polar surface area (TPSA) is 66.6 Å². The molecule has 2 heterocycles. The van der Waals surface area contributed by atoms with Crippen molar-refractivity contribution < 1.29 is 0 Å². The molecule has 0 aliphatic carbocycles. The number of hydrogen-bond acceptors (Lipinski definition) is 4. The van der Waals surface area contributed by atoms with Gasteiger partial charge in [0.05, 0.1) is 23.8 Å². The summed E-state index contributed by atoms with van der Waals surface area (Å²) in [7, 11) is 1.99. The number of aryl methyl sites for hydroxylation is 1. The highest BCUT2D eigenvalue weighted by Gasteiger charge is 2.11. The second kappa shape index (κ2) is 5.77. The standard InChI is InChI=1S/C16H16ClN5/c1-10(6-18)7-19-9-15-21-14-8-20-13-4-3-11(17)5-12(13)16(14)22(15)2/h3-8,18-19H,9H2,1-2H3/b10-7-,18-6?. The zero-order chi connectivity index (χ0) is 15.7. The van der Waals surface area contributed by atoms with Gasteiger partial charge in [0.1, 0.15) is 11.3 Å². The average molecular weight is 314 g/mol. The molecule has 0 saturated carbocycles. The molecule has 22 heavy (non-hydrogen) atoms. The van der Waals surface area contributed by atoms with E-state index in [-0.39, 0.29) is 0 Å². The van der Waals surface area contributed by atoms with Crippen LogP contribution in [0.2, 0.25) is 5.02 Å². The minimum Gasteiger partial charge on any atom is -0.383 e. The van der Waals surface area contributed by atoms with Gasteiger partial charge in [-0.2, -0.15) is 0 Å².